The van der Waals surface area contributed by atoms with Crippen molar-refractivity contribution in [3.05, 3.63) is 60.2 Å². The molecule has 158 valence electrons. The summed E-state index contributed by atoms with van der Waals surface area (Å²) in [5.74, 6) is -1.01. The lowest BCUT2D eigenvalue weighted by atomic mass is 9.94. The van der Waals surface area contributed by atoms with E-state index in [1.807, 2.05) is 56.3 Å². The zero-order valence-corrected chi connectivity index (χ0v) is 17.8. The molecule has 0 N–H and O–H groups in total. The molecule has 5 nitrogen and oxygen atoms in total. The largest absolute Gasteiger partial charge is 0.463 e. The fourth-order valence-electron chi connectivity index (χ4n) is 3.87. The van der Waals surface area contributed by atoms with E-state index in [0.29, 0.717) is 12.8 Å². The average Bonchev–Trinajstić information content (AvgIpc) is 3.06. The van der Waals surface area contributed by atoms with Crippen LogP contribution in [0.15, 0.2) is 54.6 Å². The Balaban J connectivity index is 1.77. The number of imide groups is 1. The highest BCUT2D eigenvalue weighted by molar-refractivity contribution is 6.02. The highest BCUT2D eigenvalue weighted by Crippen LogP contribution is 2.26. The zero-order valence-electron chi connectivity index (χ0n) is 17.8. The van der Waals surface area contributed by atoms with Crippen molar-refractivity contribution in [1.29, 1.82) is 0 Å². The van der Waals surface area contributed by atoms with Crippen molar-refractivity contribution in [2.75, 3.05) is 0 Å². The van der Waals surface area contributed by atoms with Crippen molar-refractivity contribution < 1.29 is 19.1 Å². The first-order valence-corrected chi connectivity index (χ1v) is 10.5. The number of amides is 2. The number of carbonyl (C=O) groups excluding carboxylic acids is 3. The molecule has 0 spiro atoms. The molecule has 1 aliphatic rings. The summed E-state index contributed by atoms with van der Waals surface area (Å²) in [7, 11) is 0. The Morgan fingerprint density at radius 3 is 2.03 bits per heavy atom. The first kappa shape index (κ1) is 21.8. The van der Waals surface area contributed by atoms with Gasteiger partial charge < -0.3 is 4.74 Å². The number of hydrogen-bond acceptors (Lipinski definition) is 4. The fourth-order valence-corrected chi connectivity index (χ4v) is 3.87. The highest BCUT2D eigenvalue weighted by Gasteiger charge is 2.36. The molecule has 2 aromatic rings. The summed E-state index contributed by atoms with van der Waals surface area (Å²) in [6.07, 6.45) is 1.20. The van der Waals surface area contributed by atoms with Gasteiger partial charge in [-0.2, -0.15) is 0 Å². The van der Waals surface area contributed by atoms with Crippen LogP contribution in [0.25, 0.3) is 11.1 Å². The lowest BCUT2D eigenvalue weighted by Crippen LogP contribution is -2.42. The van der Waals surface area contributed by atoms with E-state index >= 15 is 0 Å². The average molecular weight is 408 g/mol. The summed E-state index contributed by atoms with van der Waals surface area (Å²) in [5, 5.41) is 0. The highest BCUT2D eigenvalue weighted by atomic mass is 16.5. The molecular formula is C25H29NO4. The second-order valence-corrected chi connectivity index (χ2v) is 8.20. The van der Waals surface area contributed by atoms with Crippen LogP contribution in [-0.4, -0.2) is 34.8 Å². The molecule has 1 aliphatic heterocycles. The standard InChI is InChI=1S/C25H29NO4/c1-17(2)30-25(29)18(3)15-22(26-23(27)13-14-24(26)28)16-19-9-11-21(12-10-19)20-7-5-4-6-8-20/h4-12,17-18,22H,13-16H2,1-3H3/t18-,22+/m1/s1. The van der Waals surface area contributed by atoms with Crippen molar-refractivity contribution in [1.82, 2.24) is 4.90 Å². The number of nitrogens with zero attached hydrogens (tertiary/aromatic N) is 1. The first-order valence-electron chi connectivity index (χ1n) is 10.5. The molecule has 0 saturated carbocycles. The molecule has 2 atom stereocenters. The van der Waals surface area contributed by atoms with Crippen LogP contribution in [0, 0.1) is 5.92 Å². The number of rotatable bonds is 8. The van der Waals surface area contributed by atoms with Crippen molar-refractivity contribution in [3.8, 4) is 11.1 Å². The molecule has 2 aromatic carbocycles. The van der Waals surface area contributed by atoms with Crippen LogP contribution in [-0.2, 0) is 25.5 Å². The molecular weight excluding hydrogens is 378 g/mol. The maximum atomic E-state index is 12.4. The molecule has 5 heteroatoms. The van der Waals surface area contributed by atoms with Crippen molar-refractivity contribution in [3.63, 3.8) is 0 Å². The smallest absolute Gasteiger partial charge is 0.308 e. The van der Waals surface area contributed by atoms with Crippen molar-refractivity contribution in [2.45, 2.75) is 58.6 Å². The quantitative estimate of drug-likeness (QED) is 0.481. The second kappa shape index (κ2) is 9.70. The van der Waals surface area contributed by atoms with Gasteiger partial charge in [-0.05, 0) is 43.4 Å². The molecule has 2 amide bonds. The van der Waals surface area contributed by atoms with Gasteiger partial charge in [-0.3, -0.25) is 19.3 Å². The van der Waals surface area contributed by atoms with E-state index < -0.39 is 5.92 Å². The SMILES string of the molecule is CC(C)OC(=O)[C@H](C)C[C@@H](Cc1ccc(-c2ccccc2)cc1)N1C(=O)CCC1=O. The Bertz CT molecular complexity index is 873. The molecule has 1 heterocycles. The summed E-state index contributed by atoms with van der Waals surface area (Å²) < 4.78 is 5.32. The van der Waals surface area contributed by atoms with Gasteiger partial charge in [-0.15, -0.1) is 0 Å². The summed E-state index contributed by atoms with van der Waals surface area (Å²) in [6.45, 7) is 5.41. The third kappa shape index (κ3) is 5.35. The van der Waals surface area contributed by atoms with Crippen LogP contribution in [0.5, 0.6) is 0 Å². The Kier molecular flexibility index (Phi) is 7.03. The first-order chi connectivity index (χ1) is 14.3. The van der Waals surface area contributed by atoms with E-state index in [9.17, 15) is 14.4 Å². The number of hydrogen-bond donors (Lipinski definition) is 0. The number of benzene rings is 2. The molecule has 0 unspecified atom stereocenters. The van der Waals surface area contributed by atoms with Crippen molar-refractivity contribution >= 4 is 17.8 Å². The van der Waals surface area contributed by atoms with Gasteiger partial charge in [0, 0.05) is 18.9 Å². The molecule has 30 heavy (non-hydrogen) atoms. The van der Waals surface area contributed by atoms with Crippen LogP contribution in [0.4, 0.5) is 0 Å². The van der Waals surface area contributed by atoms with Gasteiger partial charge in [0.15, 0.2) is 0 Å². The van der Waals surface area contributed by atoms with Gasteiger partial charge in [0.05, 0.1) is 12.0 Å². The summed E-state index contributed by atoms with van der Waals surface area (Å²) in [6, 6.07) is 17.9. The molecule has 0 radical (unpaired) electrons. The molecule has 1 fully saturated rings. The predicted octanol–water partition coefficient (Wildman–Crippen LogP) is 4.39. The molecule has 0 bridgehead atoms. The Hall–Kier alpha value is -2.95. The van der Waals surface area contributed by atoms with Gasteiger partial charge in [0.25, 0.3) is 0 Å². The van der Waals surface area contributed by atoms with E-state index in [1.54, 1.807) is 6.92 Å². The minimum absolute atomic E-state index is 0.157. The van der Waals surface area contributed by atoms with Gasteiger partial charge in [-0.1, -0.05) is 61.5 Å². The molecule has 0 aromatic heterocycles. The van der Waals surface area contributed by atoms with Gasteiger partial charge >= 0.3 is 5.97 Å². The minimum Gasteiger partial charge on any atom is -0.463 e. The van der Waals surface area contributed by atoms with Gasteiger partial charge in [-0.25, -0.2) is 0 Å². The maximum Gasteiger partial charge on any atom is 0.308 e. The van der Waals surface area contributed by atoms with Crippen LogP contribution in [0.3, 0.4) is 0 Å². The van der Waals surface area contributed by atoms with Crippen molar-refractivity contribution in [2.24, 2.45) is 5.92 Å². The fraction of sp³-hybridized carbons (Fsp3) is 0.400. The van der Waals surface area contributed by atoms with Crippen LogP contribution < -0.4 is 0 Å². The monoisotopic (exact) mass is 407 g/mol. The second-order valence-electron chi connectivity index (χ2n) is 8.20. The zero-order chi connectivity index (χ0) is 21.7. The third-order valence-electron chi connectivity index (χ3n) is 5.37. The van der Waals surface area contributed by atoms with E-state index in [1.165, 1.54) is 4.90 Å². The lowest BCUT2D eigenvalue weighted by molar-refractivity contribution is -0.154. The van der Waals surface area contributed by atoms with E-state index in [4.69, 9.17) is 4.74 Å². The topological polar surface area (TPSA) is 63.7 Å². The molecule has 0 aliphatic carbocycles. The summed E-state index contributed by atoms with van der Waals surface area (Å²) in [5.41, 5.74) is 3.27. The van der Waals surface area contributed by atoms with Gasteiger partial charge in [0.1, 0.15) is 0 Å². The maximum absolute atomic E-state index is 12.4. The third-order valence-corrected chi connectivity index (χ3v) is 5.37. The van der Waals surface area contributed by atoms with Crippen LogP contribution in [0.2, 0.25) is 0 Å². The predicted molar refractivity (Wildman–Crippen MR) is 115 cm³/mol. The summed E-state index contributed by atoms with van der Waals surface area (Å²) in [4.78, 5) is 38.4. The minimum atomic E-state index is -0.401. The van der Waals surface area contributed by atoms with Gasteiger partial charge in [0.2, 0.25) is 11.8 Å². The van der Waals surface area contributed by atoms with E-state index in [2.05, 4.69) is 12.1 Å². The van der Waals surface area contributed by atoms with Crippen LogP contribution in [0.1, 0.15) is 45.6 Å². The Morgan fingerprint density at radius 2 is 1.47 bits per heavy atom. The van der Waals surface area contributed by atoms with Crippen LogP contribution >= 0.6 is 0 Å². The number of ether oxygens (including phenoxy) is 1. The number of esters is 1. The van der Waals surface area contributed by atoms with E-state index in [0.717, 1.165) is 16.7 Å². The van der Waals surface area contributed by atoms with E-state index in [-0.39, 0.29) is 42.8 Å². The molecule has 1 saturated heterocycles. The number of carbonyl (C=O) groups is 3. The Morgan fingerprint density at radius 1 is 0.900 bits per heavy atom. The lowest BCUT2D eigenvalue weighted by Gasteiger charge is -2.28. The summed E-state index contributed by atoms with van der Waals surface area (Å²) >= 11 is 0. The normalized spacial score (nSPS) is 16.1. The Labute approximate surface area is 178 Å². The molecule has 3 rings (SSSR count). The number of likely N-dealkylation sites (tertiary alicyclic amines) is 1.